The number of halogens is 1. The second-order valence-electron chi connectivity index (χ2n) is 5.80. The highest BCUT2D eigenvalue weighted by atomic mass is 35.5. The highest BCUT2D eigenvalue weighted by Gasteiger charge is 2.18. The maximum atomic E-state index is 12.4. The summed E-state index contributed by atoms with van der Waals surface area (Å²) in [5.41, 5.74) is 0.817. The zero-order valence-electron chi connectivity index (χ0n) is 14.3. The molecule has 3 rings (SSSR count). The van der Waals surface area contributed by atoms with Crippen molar-refractivity contribution >= 4 is 34.6 Å². The second-order valence-corrected chi connectivity index (χ2v) is 6.20. The topological polar surface area (TPSA) is 129 Å². The van der Waals surface area contributed by atoms with E-state index in [1.165, 1.54) is 48.5 Å². The van der Waals surface area contributed by atoms with Crippen LogP contribution < -0.4 is 5.32 Å². The fourth-order valence-electron chi connectivity index (χ4n) is 2.50. The van der Waals surface area contributed by atoms with E-state index in [9.17, 15) is 25.0 Å². The van der Waals surface area contributed by atoms with Gasteiger partial charge in [0.25, 0.3) is 17.3 Å². The normalized spacial score (nSPS) is 10.5. The molecule has 0 atom stereocenters. The molecule has 0 unspecified atom stereocenters. The van der Waals surface area contributed by atoms with Crippen molar-refractivity contribution in [1.29, 1.82) is 0 Å². The molecule has 28 heavy (non-hydrogen) atoms. The molecule has 2 aromatic carbocycles. The average Bonchev–Trinajstić information content (AvgIpc) is 3.12. The SMILES string of the molecule is Cc1ccc(NC(=O)c2ccc(-c3ccc([N+](=O)[O-])cc3Cl)o2)cc1[N+](=O)[O-]. The molecule has 0 saturated carbocycles. The van der Waals surface area contributed by atoms with Crippen molar-refractivity contribution in [3.63, 3.8) is 0 Å². The first-order valence-electron chi connectivity index (χ1n) is 7.87. The van der Waals surface area contributed by atoms with Gasteiger partial charge in [-0.1, -0.05) is 17.7 Å². The number of hydrogen-bond donors (Lipinski definition) is 1. The quantitative estimate of drug-likeness (QED) is 0.474. The third-order valence-electron chi connectivity index (χ3n) is 3.92. The molecule has 142 valence electrons. The number of nitrogens with one attached hydrogen (secondary N) is 1. The van der Waals surface area contributed by atoms with Crippen LogP contribution >= 0.6 is 11.6 Å². The lowest BCUT2D eigenvalue weighted by atomic mass is 10.1. The molecular weight excluding hydrogens is 390 g/mol. The van der Waals surface area contributed by atoms with Crippen molar-refractivity contribution in [3.05, 3.63) is 85.1 Å². The third kappa shape index (κ3) is 3.84. The van der Waals surface area contributed by atoms with E-state index in [4.69, 9.17) is 16.0 Å². The maximum absolute atomic E-state index is 12.4. The number of nitrogens with zero attached hydrogens (tertiary/aromatic N) is 2. The Hall–Kier alpha value is -3.72. The summed E-state index contributed by atoms with van der Waals surface area (Å²) in [5, 5.41) is 24.4. The van der Waals surface area contributed by atoms with Crippen LogP contribution in [-0.2, 0) is 0 Å². The molecular formula is C18H12ClN3O6. The van der Waals surface area contributed by atoms with E-state index in [0.29, 0.717) is 11.1 Å². The van der Waals surface area contributed by atoms with Crippen molar-refractivity contribution < 1.29 is 19.1 Å². The van der Waals surface area contributed by atoms with Gasteiger partial charge in [0.2, 0.25) is 0 Å². The largest absolute Gasteiger partial charge is 0.451 e. The Bertz CT molecular complexity index is 1110. The van der Waals surface area contributed by atoms with Crippen LogP contribution in [0.2, 0.25) is 5.02 Å². The summed E-state index contributed by atoms with van der Waals surface area (Å²) in [7, 11) is 0. The summed E-state index contributed by atoms with van der Waals surface area (Å²) < 4.78 is 5.49. The number of aryl methyl sites for hydroxylation is 1. The fraction of sp³-hybridized carbons (Fsp3) is 0.0556. The minimum absolute atomic E-state index is 0.0485. The lowest BCUT2D eigenvalue weighted by Gasteiger charge is -2.05. The maximum Gasteiger partial charge on any atom is 0.291 e. The summed E-state index contributed by atoms with van der Waals surface area (Å²) in [5.74, 6) is -0.407. The van der Waals surface area contributed by atoms with Crippen molar-refractivity contribution in [2.75, 3.05) is 5.32 Å². The summed E-state index contributed by atoms with van der Waals surface area (Å²) in [6, 6.07) is 11.1. The average molecular weight is 402 g/mol. The molecule has 0 saturated heterocycles. The monoisotopic (exact) mass is 401 g/mol. The fourth-order valence-corrected chi connectivity index (χ4v) is 2.77. The van der Waals surface area contributed by atoms with E-state index in [2.05, 4.69) is 5.32 Å². The van der Waals surface area contributed by atoms with Gasteiger partial charge in [-0.15, -0.1) is 0 Å². The lowest BCUT2D eigenvalue weighted by molar-refractivity contribution is -0.385. The van der Waals surface area contributed by atoms with E-state index < -0.39 is 15.8 Å². The molecule has 0 aliphatic rings. The molecule has 0 aliphatic carbocycles. The Kier molecular flexibility index (Phi) is 5.10. The van der Waals surface area contributed by atoms with Gasteiger partial charge in [0.05, 0.1) is 14.9 Å². The molecule has 9 nitrogen and oxygen atoms in total. The number of nitro benzene ring substituents is 2. The van der Waals surface area contributed by atoms with Crippen molar-refractivity contribution in [2.24, 2.45) is 0 Å². The Balaban J connectivity index is 1.82. The zero-order valence-corrected chi connectivity index (χ0v) is 15.1. The van der Waals surface area contributed by atoms with E-state index in [0.717, 1.165) is 0 Å². The van der Waals surface area contributed by atoms with Gasteiger partial charge >= 0.3 is 0 Å². The zero-order chi connectivity index (χ0) is 20.4. The van der Waals surface area contributed by atoms with Gasteiger partial charge in [-0.2, -0.15) is 0 Å². The molecule has 1 heterocycles. The number of carbonyl (C=O) groups is 1. The van der Waals surface area contributed by atoms with Crippen molar-refractivity contribution in [3.8, 4) is 11.3 Å². The minimum atomic E-state index is -0.609. The van der Waals surface area contributed by atoms with E-state index in [-0.39, 0.29) is 33.6 Å². The van der Waals surface area contributed by atoms with Crippen molar-refractivity contribution in [1.82, 2.24) is 0 Å². The molecule has 1 aromatic heterocycles. The number of non-ortho nitro benzene ring substituents is 1. The number of nitro groups is 2. The van der Waals surface area contributed by atoms with Gasteiger partial charge in [-0.3, -0.25) is 25.0 Å². The van der Waals surface area contributed by atoms with E-state index in [1.807, 2.05) is 0 Å². The third-order valence-corrected chi connectivity index (χ3v) is 4.24. The van der Waals surface area contributed by atoms with Gasteiger partial charge in [-0.25, -0.2) is 0 Å². The number of anilines is 1. The number of furan rings is 1. The van der Waals surface area contributed by atoms with Crippen LogP contribution in [0.4, 0.5) is 17.1 Å². The Morgan fingerprint density at radius 2 is 1.79 bits per heavy atom. The predicted octanol–water partition coefficient (Wildman–Crippen LogP) is 4.98. The molecule has 0 bridgehead atoms. The first-order valence-corrected chi connectivity index (χ1v) is 8.24. The van der Waals surface area contributed by atoms with Gasteiger partial charge in [0.1, 0.15) is 5.76 Å². The number of carbonyl (C=O) groups excluding carboxylic acids is 1. The Morgan fingerprint density at radius 3 is 2.43 bits per heavy atom. The van der Waals surface area contributed by atoms with Crippen LogP contribution in [0.25, 0.3) is 11.3 Å². The second kappa shape index (κ2) is 7.49. The molecule has 0 aliphatic heterocycles. The molecule has 1 amide bonds. The van der Waals surface area contributed by atoms with Crippen LogP contribution in [0.5, 0.6) is 0 Å². The molecule has 10 heteroatoms. The number of benzene rings is 2. The van der Waals surface area contributed by atoms with Gasteiger partial charge in [0, 0.05) is 35.0 Å². The van der Waals surface area contributed by atoms with Crippen LogP contribution in [0.15, 0.2) is 52.9 Å². The van der Waals surface area contributed by atoms with Gasteiger partial charge in [-0.05, 0) is 31.2 Å². The number of hydrogen-bond acceptors (Lipinski definition) is 6. The van der Waals surface area contributed by atoms with Crippen LogP contribution in [0, 0.1) is 27.2 Å². The van der Waals surface area contributed by atoms with E-state index >= 15 is 0 Å². The Labute approximate surface area is 162 Å². The molecule has 0 fully saturated rings. The Morgan fingerprint density at radius 1 is 1.04 bits per heavy atom. The van der Waals surface area contributed by atoms with Gasteiger partial charge < -0.3 is 9.73 Å². The summed E-state index contributed by atoms with van der Waals surface area (Å²) in [6.07, 6.45) is 0. The smallest absolute Gasteiger partial charge is 0.291 e. The highest BCUT2D eigenvalue weighted by molar-refractivity contribution is 6.33. The van der Waals surface area contributed by atoms with Crippen LogP contribution in [0.3, 0.4) is 0 Å². The molecule has 0 spiro atoms. The molecule has 0 radical (unpaired) electrons. The minimum Gasteiger partial charge on any atom is -0.451 e. The van der Waals surface area contributed by atoms with Crippen molar-refractivity contribution in [2.45, 2.75) is 6.92 Å². The predicted molar refractivity (Wildman–Crippen MR) is 102 cm³/mol. The van der Waals surface area contributed by atoms with E-state index in [1.54, 1.807) is 6.92 Å². The first kappa shape index (κ1) is 19.1. The summed E-state index contributed by atoms with van der Waals surface area (Å²) in [4.78, 5) is 33.0. The first-order chi connectivity index (χ1) is 13.3. The number of rotatable bonds is 5. The standard InChI is InChI=1S/C18H12ClN3O6/c1-10-2-3-11(8-15(10)22(26)27)20-18(23)17-7-6-16(28-17)13-5-4-12(21(24)25)9-14(13)19/h2-9H,1H3,(H,20,23). The van der Waals surface area contributed by atoms with Crippen LogP contribution in [-0.4, -0.2) is 15.8 Å². The molecule has 1 N–H and O–H groups in total. The number of amides is 1. The molecule has 3 aromatic rings. The van der Waals surface area contributed by atoms with Crippen LogP contribution in [0.1, 0.15) is 16.1 Å². The van der Waals surface area contributed by atoms with Gasteiger partial charge in [0.15, 0.2) is 5.76 Å². The summed E-state index contributed by atoms with van der Waals surface area (Å²) >= 11 is 6.06. The lowest BCUT2D eigenvalue weighted by Crippen LogP contribution is -2.11. The highest BCUT2D eigenvalue weighted by Crippen LogP contribution is 2.32. The summed E-state index contributed by atoms with van der Waals surface area (Å²) in [6.45, 7) is 1.59.